The maximum absolute atomic E-state index is 12.0. The first-order valence-corrected chi connectivity index (χ1v) is 4.74. The molecule has 0 aromatic carbocycles. The molecule has 0 amide bonds. The van der Waals surface area contributed by atoms with E-state index in [0.29, 0.717) is 3.79 Å². The third-order valence-electron chi connectivity index (χ3n) is 0.918. The second-order valence-corrected chi connectivity index (χ2v) is 5.33. The van der Waals surface area contributed by atoms with Gasteiger partial charge in [-0.25, -0.2) is 8.78 Å². The van der Waals surface area contributed by atoms with Crippen LogP contribution >= 0.6 is 43.2 Å². The van der Waals surface area contributed by atoms with Crippen LogP contribution in [0.4, 0.5) is 8.78 Å². The molecule has 0 fully saturated rings. The van der Waals surface area contributed by atoms with Crippen LogP contribution in [-0.2, 0) is 0 Å². The summed E-state index contributed by atoms with van der Waals surface area (Å²) in [5.74, 6) is 0. The average Bonchev–Trinajstić information content (AvgIpc) is 2.10. The summed E-state index contributed by atoms with van der Waals surface area (Å²) >= 11 is 7.38. The first-order valence-electron chi connectivity index (χ1n) is 2.34. The molecule has 5 heteroatoms. The van der Waals surface area contributed by atoms with E-state index in [1.165, 1.54) is 17.4 Å². The van der Waals surface area contributed by atoms with Crippen molar-refractivity contribution >= 4 is 43.2 Å². The molecule has 1 rings (SSSR count). The van der Waals surface area contributed by atoms with Crippen molar-refractivity contribution in [2.75, 3.05) is 0 Å². The Hall–Kier alpha value is 0.520. The van der Waals surface area contributed by atoms with Crippen molar-refractivity contribution in [3.8, 4) is 0 Å². The van der Waals surface area contributed by atoms with Gasteiger partial charge in [-0.2, -0.15) is 0 Å². The monoisotopic (exact) mass is 290 g/mol. The highest BCUT2D eigenvalue weighted by Crippen LogP contribution is 2.37. The van der Waals surface area contributed by atoms with E-state index in [9.17, 15) is 8.78 Å². The molecule has 0 aliphatic heterocycles. The van der Waals surface area contributed by atoms with E-state index in [0.717, 1.165) is 3.79 Å². The molecule has 56 valence electrons. The Kier molecular flexibility index (Phi) is 2.82. The maximum Gasteiger partial charge on any atom is 0.265 e. The number of hydrogen-bond donors (Lipinski definition) is 0. The minimum absolute atomic E-state index is 0.0527. The van der Waals surface area contributed by atoms with Gasteiger partial charge in [-0.3, -0.25) is 0 Å². The second kappa shape index (κ2) is 3.28. The summed E-state index contributed by atoms with van der Waals surface area (Å²) in [6.07, 6.45) is -2.39. The number of thiophene rings is 1. The van der Waals surface area contributed by atoms with Gasteiger partial charge in [0, 0.05) is 5.56 Å². The lowest BCUT2D eigenvalue weighted by Crippen LogP contribution is -1.77. The molecule has 0 saturated carbocycles. The summed E-state index contributed by atoms with van der Waals surface area (Å²) in [4.78, 5) is 0. The van der Waals surface area contributed by atoms with Crippen LogP contribution in [0.3, 0.4) is 0 Å². The highest BCUT2D eigenvalue weighted by atomic mass is 79.9. The van der Waals surface area contributed by atoms with Crippen molar-refractivity contribution in [1.29, 1.82) is 0 Å². The summed E-state index contributed by atoms with van der Waals surface area (Å²) in [7, 11) is 0. The van der Waals surface area contributed by atoms with Crippen molar-refractivity contribution in [2.45, 2.75) is 6.43 Å². The summed E-state index contributed by atoms with van der Waals surface area (Å²) in [5, 5.41) is 0. The Labute approximate surface area is 77.5 Å². The molecular formula is C5H2Br2F2S. The Balaban J connectivity index is 3.03. The molecule has 1 heterocycles. The van der Waals surface area contributed by atoms with Gasteiger partial charge in [0.2, 0.25) is 0 Å². The van der Waals surface area contributed by atoms with E-state index in [1.54, 1.807) is 0 Å². The molecule has 0 unspecified atom stereocenters. The highest BCUT2D eigenvalue weighted by molar-refractivity contribution is 9.12. The molecule has 1 aromatic rings. The molecule has 0 spiro atoms. The fourth-order valence-corrected chi connectivity index (χ4v) is 3.32. The zero-order valence-electron chi connectivity index (χ0n) is 4.57. The summed E-state index contributed by atoms with van der Waals surface area (Å²) in [6, 6.07) is 1.42. The summed E-state index contributed by atoms with van der Waals surface area (Å²) in [6.45, 7) is 0. The van der Waals surface area contributed by atoms with Gasteiger partial charge in [0.1, 0.15) is 0 Å². The van der Waals surface area contributed by atoms with Gasteiger partial charge in [0.25, 0.3) is 6.43 Å². The van der Waals surface area contributed by atoms with Crippen LogP contribution in [-0.4, -0.2) is 0 Å². The van der Waals surface area contributed by atoms with E-state index in [-0.39, 0.29) is 5.56 Å². The number of alkyl halides is 2. The molecule has 0 bridgehead atoms. The molecule has 0 radical (unpaired) electrons. The first kappa shape index (κ1) is 8.62. The average molecular weight is 292 g/mol. The smallest absolute Gasteiger partial charge is 0.205 e. The van der Waals surface area contributed by atoms with Crippen molar-refractivity contribution in [3.05, 3.63) is 19.2 Å². The van der Waals surface area contributed by atoms with Crippen molar-refractivity contribution < 1.29 is 8.78 Å². The summed E-state index contributed by atoms with van der Waals surface area (Å²) < 4.78 is 25.2. The standard InChI is InChI=1S/C5H2Br2F2S/c6-3-1-2(5(8)9)4(7)10-3/h1,5H. The predicted octanol–water partition coefficient (Wildman–Crippen LogP) is 4.21. The zero-order valence-corrected chi connectivity index (χ0v) is 8.56. The minimum Gasteiger partial charge on any atom is -0.205 e. The van der Waals surface area contributed by atoms with E-state index >= 15 is 0 Å². The van der Waals surface area contributed by atoms with Crippen molar-refractivity contribution in [3.63, 3.8) is 0 Å². The van der Waals surface area contributed by atoms with Crippen LogP contribution in [0.1, 0.15) is 12.0 Å². The molecule has 0 nitrogen and oxygen atoms in total. The molecule has 10 heavy (non-hydrogen) atoms. The quantitative estimate of drug-likeness (QED) is 0.727. The Morgan fingerprint density at radius 2 is 2.00 bits per heavy atom. The predicted molar refractivity (Wildman–Crippen MR) is 44.7 cm³/mol. The molecule has 0 aliphatic rings. The van der Waals surface area contributed by atoms with Crippen LogP contribution < -0.4 is 0 Å². The maximum atomic E-state index is 12.0. The first-order chi connectivity index (χ1) is 4.61. The van der Waals surface area contributed by atoms with E-state index in [2.05, 4.69) is 31.9 Å². The largest absolute Gasteiger partial charge is 0.265 e. The van der Waals surface area contributed by atoms with Gasteiger partial charge in [-0.05, 0) is 37.9 Å². The highest BCUT2D eigenvalue weighted by Gasteiger charge is 2.13. The molecule has 0 aliphatic carbocycles. The van der Waals surface area contributed by atoms with Gasteiger partial charge in [-0.1, -0.05) is 0 Å². The van der Waals surface area contributed by atoms with E-state index in [1.807, 2.05) is 0 Å². The van der Waals surface area contributed by atoms with E-state index < -0.39 is 6.43 Å². The fraction of sp³-hybridized carbons (Fsp3) is 0.200. The third-order valence-corrected chi connectivity index (χ3v) is 3.30. The van der Waals surface area contributed by atoms with Gasteiger partial charge < -0.3 is 0 Å². The van der Waals surface area contributed by atoms with Crippen LogP contribution in [0.15, 0.2) is 13.6 Å². The molecule has 0 N–H and O–H groups in total. The van der Waals surface area contributed by atoms with E-state index in [4.69, 9.17) is 0 Å². The van der Waals surface area contributed by atoms with Crippen LogP contribution in [0.5, 0.6) is 0 Å². The van der Waals surface area contributed by atoms with Gasteiger partial charge in [0.15, 0.2) is 0 Å². The topological polar surface area (TPSA) is 0 Å². The molecule has 0 saturated heterocycles. The Bertz CT molecular complexity index is 234. The Morgan fingerprint density at radius 3 is 2.20 bits per heavy atom. The fourth-order valence-electron chi connectivity index (χ4n) is 0.502. The second-order valence-electron chi connectivity index (χ2n) is 1.58. The van der Waals surface area contributed by atoms with Crippen LogP contribution in [0.25, 0.3) is 0 Å². The molecular weight excluding hydrogens is 290 g/mol. The number of hydrogen-bond acceptors (Lipinski definition) is 1. The van der Waals surface area contributed by atoms with Crippen molar-refractivity contribution in [1.82, 2.24) is 0 Å². The molecule has 1 aromatic heterocycles. The lowest BCUT2D eigenvalue weighted by Gasteiger charge is -1.91. The van der Waals surface area contributed by atoms with Gasteiger partial charge in [-0.15, -0.1) is 11.3 Å². The van der Waals surface area contributed by atoms with Crippen molar-refractivity contribution in [2.24, 2.45) is 0 Å². The summed E-state index contributed by atoms with van der Waals surface area (Å²) in [5.41, 5.74) is 0.0527. The minimum atomic E-state index is -2.39. The normalized spacial score (nSPS) is 10.9. The third kappa shape index (κ3) is 1.77. The lowest BCUT2D eigenvalue weighted by molar-refractivity contribution is 0.151. The van der Waals surface area contributed by atoms with Crippen LogP contribution in [0, 0.1) is 0 Å². The molecule has 0 atom stereocenters. The SMILES string of the molecule is FC(F)c1cc(Br)sc1Br. The lowest BCUT2D eigenvalue weighted by atomic mass is 10.4. The Morgan fingerprint density at radius 1 is 1.40 bits per heavy atom. The number of halogens is 4. The van der Waals surface area contributed by atoms with Crippen LogP contribution in [0.2, 0.25) is 0 Å². The van der Waals surface area contributed by atoms with Gasteiger partial charge >= 0.3 is 0 Å². The zero-order chi connectivity index (χ0) is 7.72. The van der Waals surface area contributed by atoms with Gasteiger partial charge in [0.05, 0.1) is 7.57 Å². The number of rotatable bonds is 1.